The average Bonchev–Trinajstić information content (AvgIpc) is 2.92. The van der Waals surface area contributed by atoms with Gasteiger partial charge in [0.1, 0.15) is 5.82 Å². The van der Waals surface area contributed by atoms with Crippen molar-refractivity contribution in [2.24, 2.45) is 0 Å². The molecule has 0 saturated carbocycles. The first-order valence-electron chi connectivity index (χ1n) is 7.05. The maximum absolute atomic E-state index is 13.7. The predicted molar refractivity (Wildman–Crippen MR) is 78.6 cm³/mol. The van der Waals surface area contributed by atoms with Crippen molar-refractivity contribution in [2.75, 3.05) is 26.2 Å². The lowest BCUT2D eigenvalue weighted by atomic mass is 10.2. The van der Waals surface area contributed by atoms with Gasteiger partial charge in [0.15, 0.2) is 0 Å². The third kappa shape index (κ3) is 3.13. The molecule has 0 aliphatic carbocycles. The molecule has 0 radical (unpaired) electrons. The lowest BCUT2D eigenvalue weighted by Gasteiger charge is -2.26. The number of hydrogen-bond donors (Lipinski definition) is 0. The number of halogens is 2. The highest BCUT2D eigenvalue weighted by molar-refractivity contribution is 6.31. The number of rotatable bonds is 4. The topological polar surface area (TPSA) is 23.6 Å². The van der Waals surface area contributed by atoms with Gasteiger partial charge in [-0.1, -0.05) is 25.4 Å². The lowest BCUT2D eigenvalue weighted by Crippen LogP contribution is -2.38. The van der Waals surface area contributed by atoms with Crippen LogP contribution in [0.4, 0.5) is 4.39 Å². The van der Waals surface area contributed by atoms with Crippen molar-refractivity contribution in [3.63, 3.8) is 0 Å². The summed E-state index contributed by atoms with van der Waals surface area (Å²) in [5.41, 5.74) is 0.0673. The monoisotopic (exact) mass is 298 g/mol. The zero-order chi connectivity index (χ0) is 14.7. The Morgan fingerprint density at radius 3 is 2.80 bits per heavy atom. The fourth-order valence-electron chi connectivity index (χ4n) is 2.80. The summed E-state index contributed by atoms with van der Waals surface area (Å²) in [7, 11) is 0. The molecule has 3 nitrogen and oxygen atoms in total. The summed E-state index contributed by atoms with van der Waals surface area (Å²) in [6, 6.07) is 4.48. The number of amides is 1. The van der Waals surface area contributed by atoms with Crippen LogP contribution in [0, 0.1) is 5.82 Å². The van der Waals surface area contributed by atoms with Crippen LogP contribution < -0.4 is 0 Å². The highest BCUT2D eigenvalue weighted by atomic mass is 35.5. The number of carbonyl (C=O) groups is 1. The third-order valence-corrected chi connectivity index (χ3v) is 4.17. The molecule has 1 fully saturated rings. The number of nitrogens with zero attached hydrogens (tertiary/aromatic N) is 2. The molecule has 5 heteroatoms. The Hall–Kier alpha value is -1.13. The van der Waals surface area contributed by atoms with Crippen LogP contribution in [0.5, 0.6) is 0 Å². The van der Waals surface area contributed by atoms with Crippen LogP contribution in [0.1, 0.15) is 30.6 Å². The standard InChI is InChI=1S/C15H20ClFN2O/c1-3-18(4-2)12-7-8-19(10-12)15(20)13-9-11(16)5-6-14(13)17/h5-6,9,12H,3-4,7-8,10H2,1-2H3. The molecule has 1 saturated heterocycles. The molecule has 0 bridgehead atoms. The van der Waals surface area contributed by atoms with Gasteiger partial charge in [-0.15, -0.1) is 0 Å². The zero-order valence-electron chi connectivity index (χ0n) is 11.9. The first-order chi connectivity index (χ1) is 9.56. The Labute approximate surface area is 124 Å². The summed E-state index contributed by atoms with van der Waals surface area (Å²) in [4.78, 5) is 16.4. The van der Waals surface area contributed by atoms with E-state index < -0.39 is 5.82 Å². The summed E-state index contributed by atoms with van der Waals surface area (Å²) >= 11 is 5.85. The van der Waals surface area contributed by atoms with E-state index >= 15 is 0 Å². The molecule has 1 aromatic carbocycles. The number of hydrogen-bond acceptors (Lipinski definition) is 2. The lowest BCUT2D eigenvalue weighted by molar-refractivity contribution is 0.0773. The second kappa shape index (κ2) is 6.55. The van der Waals surface area contributed by atoms with Gasteiger partial charge in [0.25, 0.3) is 5.91 Å². The minimum Gasteiger partial charge on any atom is -0.337 e. The fourth-order valence-corrected chi connectivity index (χ4v) is 2.97. The van der Waals surface area contributed by atoms with Crippen molar-refractivity contribution in [2.45, 2.75) is 26.3 Å². The Kier molecular flexibility index (Phi) is 5.00. The van der Waals surface area contributed by atoms with Crippen molar-refractivity contribution in [1.29, 1.82) is 0 Å². The molecular formula is C15H20ClFN2O. The maximum atomic E-state index is 13.7. The largest absolute Gasteiger partial charge is 0.337 e. The smallest absolute Gasteiger partial charge is 0.256 e. The second-order valence-corrected chi connectivity index (χ2v) is 5.48. The van der Waals surface area contributed by atoms with Gasteiger partial charge in [-0.3, -0.25) is 9.69 Å². The van der Waals surface area contributed by atoms with Crippen LogP contribution in [-0.2, 0) is 0 Å². The van der Waals surface area contributed by atoms with Gasteiger partial charge in [0.05, 0.1) is 5.56 Å². The number of likely N-dealkylation sites (tertiary alicyclic amines) is 1. The van der Waals surface area contributed by atoms with Gasteiger partial charge in [-0.25, -0.2) is 4.39 Å². The molecule has 2 rings (SSSR count). The highest BCUT2D eigenvalue weighted by Gasteiger charge is 2.30. The average molecular weight is 299 g/mol. The number of benzene rings is 1. The fraction of sp³-hybridized carbons (Fsp3) is 0.533. The van der Waals surface area contributed by atoms with E-state index in [2.05, 4.69) is 18.7 Å². The molecule has 1 amide bonds. The van der Waals surface area contributed by atoms with Crippen molar-refractivity contribution in [3.05, 3.63) is 34.6 Å². The maximum Gasteiger partial charge on any atom is 0.256 e. The van der Waals surface area contributed by atoms with E-state index in [1.807, 2.05) is 0 Å². The summed E-state index contributed by atoms with van der Waals surface area (Å²) in [6.07, 6.45) is 0.940. The molecular weight excluding hydrogens is 279 g/mol. The number of carbonyl (C=O) groups excluding carboxylic acids is 1. The van der Waals surface area contributed by atoms with Crippen molar-refractivity contribution >= 4 is 17.5 Å². The molecule has 20 heavy (non-hydrogen) atoms. The van der Waals surface area contributed by atoms with Gasteiger partial charge >= 0.3 is 0 Å². The predicted octanol–water partition coefficient (Wildman–Crippen LogP) is 3.04. The number of likely N-dealkylation sites (N-methyl/N-ethyl adjacent to an activating group) is 1. The van der Waals surface area contributed by atoms with E-state index in [4.69, 9.17) is 11.6 Å². The normalized spacial score (nSPS) is 18.9. The molecule has 1 aliphatic rings. The van der Waals surface area contributed by atoms with Crippen LogP contribution in [0.2, 0.25) is 5.02 Å². The summed E-state index contributed by atoms with van der Waals surface area (Å²) in [6.45, 7) is 7.50. The molecule has 110 valence electrons. The Morgan fingerprint density at radius 1 is 1.45 bits per heavy atom. The quantitative estimate of drug-likeness (QED) is 0.853. The molecule has 0 spiro atoms. The molecule has 1 aromatic rings. The molecule has 1 aliphatic heterocycles. The minimum absolute atomic E-state index is 0.0673. The van der Waals surface area contributed by atoms with E-state index in [0.717, 1.165) is 19.5 Å². The summed E-state index contributed by atoms with van der Waals surface area (Å²) < 4.78 is 13.7. The first-order valence-corrected chi connectivity index (χ1v) is 7.43. The van der Waals surface area contributed by atoms with Crippen LogP contribution in [-0.4, -0.2) is 47.9 Å². The molecule has 0 N–H and O–H groups in total. The Morgan fingerprint density at radius 2 is 2.15 bits per heavy atom. The van der Waals surface area contributed by atoms with E-state index in [1.54, 1.807) is 4.90 Å². The van der Waals surface area contributed by atoms with Crippen LogP contribution in [0.25, 0.3) is 0 Å². The second-order valence-electron chi connectivity index (χ2n) is 5.04. The van der Waals surface area contributed by atoms with Gasteiger partial charge in [-0.2, -0.15) is 0 Å². The van der Waals surface area contributed by atoms with Crippen LogP contribution in [0.3, 0.4) is 0 Å². The van der Waals surface area contributed by atoms with E-state index in [0.29, 0.717) is 24.2 Å². The van der Waals surface area contributed by atoms with Crippen molar-refractivity contribution in [3.8, 4) is 0 Å². The van der Waals surface area contributed by atoms with E-state index in [1.165, 1.54) is 18.2 Å². The summed E-state index contributed by atoms with van der Waals surface area (Å²) in [5.74, 6) is -0.773. The Balaban J connectivity index is 2.10. The third-order valence-electron chi connectivity index (χ3n) is 3.94. The Bertz CT molecular complexity index is 491. The molecule has 0 aromatic heterocycles. The minimum atomic E-state index is -0.509. The van der Waals surface area contributed by atoms with Crippen molar-refractivity contribution in [1.82, 2.24) is 9.80 Å². The summed E-state index contributed by atoms with van der Waals surface area (Å²) in [5, 5.41) is 0.384. The van der Waals surface area contributed by atoms with Gasteiger partial charge in [0.2, 0.25) is 0 Å². The SMILES string of the molecule is CCN(CC)C1CCN(C(=O)c2cc(Cl)ccc2F)C1. The van der Waals surface area contributed by atoms with Gasteiger partial charge in [0, 0.05) is 24.2 Å². The molecule has 1 unspecified atom stereocenters. The van der Waals surface area contributed by atoms with Crippen LogP contribution in [0.15, 0.2) is 18.2 Å². The highest BCUT2D eigenvalue weighted by Crippen LogP contribution is 2.21. The van der Waals surface area contributed by atoms with E-state index in [9.17, 15) is 9.18 Å². The zero-order valence-corrected chi connectivity index (χ0v) is 12.7. The first kappa shape index (κ1) is 15.3. The molecule has 1 atom stereocenters. The van der Waals surface area contributed by atoms with Crippen molar-refractivity contribution < 1.29 is 9.18 Å². The van der Waals surface area contributed by atoms with E-state index in [-0.39, 0.29) is 11.5 Å². The van der Waals surface area contributed by atoms with Gasteiger partial charge < -0.3 is 4.90 Å². The van der Waals surface area contributed by atoms with Gasteiger partial charge in [-0.05, 0) is 37.7 Å². The van der Waals surface area contributed by atoms with Crippen LogP contribution >= 0.6 is 11.6 Å². The molecule has 1 heterocycles.